The van der Waals surface area contributed by atoms with Crippen LogP contribution in [-0.2, 0) is 4.79 Å². The van der Waals surface area contributed by atoms with Gasteiger partial charge in [0.25, 0.3) is 0 Å². The molecule has 1 fully saturated rings. The van der Waals surface area contributed by atoms with Crippen LogP contribution in [0.4, 0.5) is 5.82 Å². The van der Waals surface area contributed by atoms with Crippen LogP contribution in [0.25, 0.3) is 17.3 Å². The zero-order valence-electron chi connectivity index (χ0n) is 16.2. The molecular weight excluding hydrogens is 368 g/mol. The van der Waals surface area contributed by atoms with Crippen LogP contribution < -0.4 is 9.64 Å². The standard InChI is InChI=1S/C22H22N4O3/c1-28-18-6-4-17(5-7-18)20-15-21(24-16-23-20)25-10-12-26(13-11-25)22(27)9-8-19-3-2-14-29-19/h2-9,14-16H,10-13H2,1H3/b9-8+. The SMILES string of the molecule is COc1ccc(-c2cc(N3CCN(C(=O)/C=C/c4ccco4)CC3)ncn2)cc1. The highest BCUT2D eigenvalue weighted by atomic mass is 16.5. The number of methoxy groups -OCH3 is 1. The van der Waals surface area contributed by atoms with E-state index in [9.17, 15) is 4.79 Å². The Morgan fingerprint density at radius 1 is 1.10 bits per heavy atom. The van der Waals surface area contributed by atoms with Gasteiger partial charge in [-0.15, -0.1) is 0 Å². The van der Waals surface area contributed by atoms with E-state index in [0.717, 1.165) is 35.9 Å². The summed E-state index contributed by atoms with van der Waals surface area (Å²) in [6.45, 7) is 2.73. The maximum atomic E-state index is 12.4. The molecule has 7 heteroatoms. The summed E-state index contributed by atoms with van der Waals surface area (Å²) in [7, 11) is 1.65. The van der Waals surface area contributed by atoms with Crippen LogP contribution in [0.2, 0.25) is 0 Å². The molecule has 0 N–H and O–H groups in total. The van der Waals surface area contributed by atoms with E-state index in [0.29, 0.717) is 18.8 Å². The van der Waals surface area contributed by atoms with Crippen LogP contribution in [0, 0.1) is 0 Å². The fourth-order valence-electron chi connectivity index (χ4n) is 3.24. The van der Waals surface area contributed by atoms with Gasteiger partial charge in [-0.2, -0.15) is 0 Å². The monoisotopic (exact) mass is 390 g/mol. The minimum absolute atomic E-state index is 0.0114. The second kappa shape index (κ2) is 8.60. The van der Waals surface area contributed by atoms with Crippen molar-refractivity contribution in [1.29, 1.82) is 0 Å². The number of amides is 1. The predicted molar refractivity (Wildman–Crippen MR) is 111 cm³/mol. The van der Waals surface area contributed by atoms with Crippen LogP contribution in [-0.4, -0.2) is 54.1 Å². The summed E-state index contributed by atoms with van der Waals surface area (Å²) in [5, 5.41) is 0. The van der Waals surface area contributed by atoms with Crippen molar-refractivity contribution >= 4 is 17.8 Å². The number of carbonyl (C=O) groups is 1. The van der Waals surface area contributed by atoms with E-state index in [1.54, 1.807) is 37.9 Å². The average Bonchev–Trinajstić information content (AvgIpc) is 3.31. The van der Waals surface area contributed by atoms with Gasteiger partial charge >= 0.3 is 0 Å². The van der Waals surface area contributed by atoms with E-state index in [-0.39, 0.29) is 5.91 Å². The first-order valence-electron chi connectivity index (χ1n) is 9.45. The molecule has 3 heterocycles. The van der Waals surface area contributed by atoms with Crippen LogP contribution in [0.3, 0.4) is 0 Å². The number of piperazine rings is 1. The summed E-state index contributed by atoms with van der Waals surface area (Å²) < 4.78 is 10.4. The molecule has 1 aliphatic rings. The summed E-state index contributed by atoms with van der Waals surface area (Å²) in [6, 6.07) is 13.4. The van der Waals surface area contributed by atoms with Crippen LogP contribution in [0.15, 0.2) is 65.5 Å². The maximum Gasteiger partial charge on any atom is 0.246 e. The molecule has 3 aromatic rings. The van der Waals surface area contributed by atoms with E-state index < -0.39 is 0 Å². The van der Waals surface area contributed by atoms with Crippen molar-refractivity contribution in [3.63, 3.8) is 0 Å². The molecule has 2 aromatic heterocycles. The lowest BCUT2D eigenvalue weighted by Crippen LogP contribution is -2.48. The molecule has 0 radical (unpaired) electrons. The molecule has 4 rings (SSSR count). The smallest absolute Gasteiger partial charge is 0.246 e. The fraction of sp³-hybridized carbons (Fsp3) is 0.227. The van der Waals surface area contributed by atoms with Crippen LogP contribution in [0.5, 0.6) is 5.75 Å². The fourth-order valence-corrected chi connectivity index (χ4v) is 3.24. The molecule has 7 nitrogen and oxygen atoms in total. The summed E-state index contributed by atoms with van der Waals surface area (Å²) in [6.07, 6.45) is 6.42. The first kappa shape index (κ1) is 18.7. The largest absolute Gasteiger partial charge is 0.497 e. The topological polar surface area (TPSA) is 71.7 Å². The Hall–Kier alpha value is -3.61. The molecule has 1 aromatic carbocycles. The molecular formula is C22H22N4O3. The first-order valence-corrected chi connectivity index (χ1v) is 9.45. The van der Waals surface area contributed by atoms with Crippen molar-refractivity contribution in [2.45, 2.75) is 0 Å². The number of carbonyl (C=O) groups excluding carboxylic acids is 1. The normalized spacial score (nSPS) is 14.4. The molecule has 0 aliphatic carbocycles. The minimum atomic E-state index is -0.0114. The quantitative estimate of drug-likeness (QED) is 0.624. The van der Waals surface area contributed by atoms with Crippen molar-refractivity contribution in [2.75, 3.05) is 38.2 Å². The third-order valence-corrected chi connectivity index (χ3v) is 4.89. The third kappa shape index (κ3) is 4.45. The molecule has 1 amide bonds. The highest BCUT2D eigenvalue weighted by Gasteiger charge is 2.21. The maximum absolute atomic E-state index is 12.4. The molecule has 1 saturated heterocycles. The van der Waals surface area contributed by atoms with Crippen LogP contribution in [0.1, 0.15) is 5.76 Å². The molecule has 148 valence electrons. The zero-order chi connectivity index (χ0) is 20.1. The van der Waals surface area contributed by atoms with E-state index in [1.807, 2.05) is 41.3 Å². The van der Waals surface area contributed by atoms with Crippen molar-refractivity contribution in [1.82, 2.24) is 14.9 Å². The van der Waals surface area contributed by atoms with Gasteiger partial charge < -0.3 is 19.0 Å². The Labute approximate surface area is 169 Å². The highest BCUT2D eigenvalue weighted by Crippen LogP contribution is 2.23. The third-order valence-electron chi connectivity index (χ3n) is 4.89. The zero-order valence-corrected chi connectivity index (χ0v) is 16.2. The van der Waals surface area contributed by atoms with Gasteiger partial charge in [-0.25, -0.2) is 9.97 Å². The molecule has 0 spiro atoms. The lowest BCUT2D eigenvalue weighted by atomic mass is 10.1. The number of hydrogen-bond acceptors (Lipinski definition) is 6. The second-order valence-corrected chi connectivity index (χ2v) is 6.65. The molecule has 0 bridgehead atoms. The lowest BCUT2D eigenvalue weighted by Gasteiger charge is -2.35. The Bertz CT molecular complexity index is 976. The van der Waals surface area contributed by atoms with Crippen LogP contribution >= 0.6 is 0 Å². The summed E-state index contributed by atoms with van der Waals surface area (Å²) in [5.74, 6) is 2.33. The molecule has 0 atom stereocenters. The van der Waals surface area contributed by atoms with E-state index in [2.05, 4.69) is 14.9 Å². The molecule has 1 aliphatic heterocycles. The number of hydrogen-bond donors (Lipinski definition) is 0. The Kier molecular flexibility index (Phi) is 5.56. The lowest BCUT2D eigenvalue weighted by molar-refractivity contribution is -0.126. The Morgan fingerprint density at radius 3 is 2.59 bits per heavy atom. The number of ether oxygens (including phenoxy) is 1. The van der Waals surface area contributed by atoms with Gasteiger partial charge in [-0.05, 0) is 42.5 Å². The summed E-state index contributed by atoms with van der Waals surface area (Å²) in [5.41, 5.74) is 1.86. The van der Waals surface area contributed by atoms with Gasteiger partial charge in [-0.3, -0.25) is 4.79 Å². The van der Waals surface area contributed by atoms with Gasteiger partial charge in [-0.1, -0.05) is 0 Å². The summed E-state index contributed by atoms with van der Waals surface area (Å²) >= 11 is 0. The van der Waals surface area contributed by atoms with Gasteiger partial charge in [0.05, 0.1) is 19.1 Å². The second-order valence-electron chi connectivity index (χ2n) is 6.65. The number of rotatable bonds is 5. The van der Waals surface area contributed by atoms with E-state index in [4.69, 9.17) is 9.15 Å². The van der Waals surface area contributed by atoms with Crippen molar-refractivity contribution < 1.29 is 13.9 Å². The van der Waals surface area contributed by atoms with Crippen molar-refractivity contribution in [2.24, 2.45) is 0 Å². The first-order chi connectivity index (χ1) is 14.2. The van der Waals surface area contributed by atoms with Gasteiger partial charge in [0.2, 0.25) is 5.91 Å². The number of furan rings is 1. The number of aromatic nitrogens is 2. The molecule has 0 saturated carbocycles. The molecule has 29 heavy (non-hydrogen) atoms. The van der Waals surface area contributed by atoms with Gasteiger partial charge in [0, 0.05) is 43.9 Å². The highest BCUT2D eigenvalue weighted by molar-refractivity contribution is 5.91. The molecule has 0 unspecified atom stereocenters. The van der Waals surface area contributed by atoms with Crippen molar-refractivity contribution in [3.05, 3.63) is 66.9 Å². The number of nitrogens with zero attached hydrogens (tertiary/aromatic N) is 4. The minimum Gasteiger partial charge on any atom is -0.497 e. The Balaban J connectivity index is 1.38. The van der Waals surface area contributed by atoms with Crippen molar-refractivity contribution in [3.8, 4) is 17.0 Å². The predicted octanol–water partition coefficient (Wildman–Crippen LogP) is 3.11. The van der Waals surface area contributed by atoms with Gasteiger partial charge in [0.15, 0.2) is 0 Å². The summed E-state index contributed by atoms with van der Waals surface area (Å²) in [4.78, 5) is 25.2. The van der Waals surface area contributed by atoms with E-state index in [1.165, 1.54) is 0 Å². The van der Waals surface area contributed by atoms with Gasteiger partial charge in [0.1, 0.15) is 23.7 Å². The number of anilines is 1. The average molecular weight is 390 g/mol. The van der Waals surface area contributed by atoms with E-state index >= 15 is 0 Å². The number of benzene rings is 1. The Morgan fingerprint density at radius 2 is 1.90 bits per heavy atom.